The number of nitrogens with zero attached hydrogens (tertiary/aromatic N) is 2. The number of carbonyl (C=O) groups is 1. The van der Waals surface area contributed by atoms with Crippen molar-refractivity contribution in [1.82, 2.24) is 4.98 Å². The van der Waals surface area contributed by atoms with Gasteiger partial charge in [-0.1, -0.05) is 29.9 Å². The molecule has 0 aromatic carbocycles. The maximum absolute atomic E-state index is 10.8. The Labute approximate surface area is 111 Å². The summed E-state index contributed by atoms with van der Waals surface area (Å²) >= 11 is 7.20. The van der Waals surface area contributed by atoms with Crippen molar-refractivity contribution >= 4 is 34.4 Å². The van der Waals surface area contributed by atoms with Crippen LogP contribution in [-0.4, -0.2) is 37.6 Å². The van der Waals surface area contributed by atoms with Crippen LogP contribution in [0.1, 0.15) is 29.9 Å². The van der Waals surface area contributed by atoms with Gasteiger partial charge in [-0.15, -0.1) is 0 Å². The molecule has 6 heteroatoms. The van der Waals surface area contributed by atoms with Gasteiger partial charge in [-0.2, -0.15) is 0 Å². The number of aldehydes is 1. The summed E-state index contributed by atoms with van der Waals surface area (Å²) in [5, 5.41) is 1.06. The van der Waals surface area contributed by atoms with Gasteiger partial charge in [-0.3, -0.25) is 4.79 Å². The molecule has 1 unspecified atom stereocenters. The highest BCUT2D eigenvalue weighted by molar-refractivity contribution is 7.17. The number of carbonyl (C=O) groups excluding carboxylic acids is 1. The molecule has 0 aliphatic heterocycles. The van der Waals surface area contributed by atoms with Crippen molar-refractivity contribution in [3.8, 4) is 0 Å². The molecule has 0 fully saturated rings. The molecule has 0 radical (unpaired) electrons. The van der Waals surface area contributed by atoms with Crippen LogP contribution in [0.2, 0.25) is 5.15 Å². The fourth-order valence-electron chi connectivity index (χ4n) is 1.41. The fourth-order valence-corrected chi connectivity index (χ4v) is 2.60. The fraction of sp³-hybridized carbons (Fsp3) is 0.636. The minimum atomic E-state index is 0.283. The lowest BCUT2D eigenvalue weighted by Gasteiger charge is -2.27. The van der Waals surface area contributed by atoms with Crippen molar-refractivity contribution in [1.29, 1.82) is 0 Å². The zero-order chi connectivity index (χ0) is 12.8. The lowest BCUT2D eigenvalue weighted by molar-refractivity contribution is 0.112. The lowest BCUT2D eigenvalue weighted by Crippen LogP contribution is -2.35. The molecule has 96 valence electrons. The van der Waals surface area contributed by atoms with Crippen molar-refractivity contribution in [2.24, 2.45) is 0 Å². The Hall–Kier alpha value is -0.650. The van der Waals surface area contributed by atoms with Gasteiger partial charge in [0.25, 0.3) is 0 Å². The van der Waals surface area contributed by atoms with E-state index in [4.69, 9.17) is 16.3 Å². The quantitative estimate of drug-likeness (QED) is 0.718. The van der Waals surface area contributed by atoms with E-state index in [0.717, 1.165) is 24.4 Å². The molecule has 0 N–H and O–H groups in total. The minimum absolute atomic E-state index is 0.283. The minimum Gasteiger partial charge on any atom is -0.383 e. The summed E-state index contributed by atoms with van der Waals surface area (Å²) in [6.45, 7) is 5.59. The van der Waals surface area contributed by atoms with Crippen LogP contribution in [0.3, 0.4) is 0 Å². The second-order valence-electron chi connectivity index (χ2n) is 3.71. The van der Waals surface area contributed by atoms with Crippen molar-refractivity contribution in [2.45, 2.75) is 26.3 Å². The number of halogens is 1. The maximum atomic E-state index is 10.8. The van der Waals surface area contributed by atoms with Crippen molar-refractivity contribution < 1.29 is 9.53 Å². The highest BCUT2D eigenvalue weighted by Crippen LogP contribution is 2.29. The number of anilines is 1. The van der Waals surface area contributed by atoms with Gasteiger partial charge in [-0.25, -0.2) is 4.98 Å². The molecule has 1 aromatic heterocycles. The molecule has 0 saturated carbocycles. The molecular weight excluding hydrogens is 260 g/mol. The van der Waals surface area contributed by atoms with E-state index < -0.39 is 0 Å². The van der Waals surface area contributed by atoms with Crippen molar-refractivity contribution in [2.75, 3.05) is 25.2 Å². The van der Waals surface area contributed by atoms with Gasteiger partial charge in [-0.05, 0) is 13.3 Å². The van der Waals surface area contributed by atoms with Gasteiger partial charge in [0.2, 0.25) is 0 Å². The molecule has 0 aliphatic carbocycles. The topological polar surface area (TPSA) is 42.4 Å². The Bertz CT molecular complexity index is 370. The van der Waals surface area contributed by atoms with Crippen LogP contribution in [-0.2, 0) is 4.74 Å². The average Bonchev–Trinajstić information content (AvgIpc) is 2.70. The second kappa shape index (κ2) is 6.93. The molecule has 0 amide bonds. The number of rotatable bonds is 7. The first-order chi connectivity index (χ1) is 8.13. The van der Waals surface area contributed by atoms with E-state index in [9.17, 15) is 4.79 Å². The predicted molar refractivity (Wildman–Crippen MR) is 71.5 cm³/mol. The van der Waals surface area contributed by atoms with Crippen molar-refractivity contribution in [3.63, 3.8) is 0 Å². The summed E-state index contributed by atoms with van der Waals surface area (Å²) in [6.07, 6.45) is 1.74. The smallest absolute Gasteiger partial charge is 0.187 e. The zero-order valence-electron chi connectivity index (χ0n) is 10.3. The lowest BCUT2D eigenvalue weighted by atomic mass is 10.2. The number of thiazole rings is 1. The average molecular weight is 277 g/mol. The monoisotopic (exact) mass is 276 g/mol. The summed E-state index contributed by atoms with van der Waals surface area (Å²) < 4.78 is 5.08. The highest BCUT2D eigenvalue weighted by atomic mass is 35.5. The summed E-state index contributed by atoms with van der Waals surface area (Å²) in [7, 11) is 1.67. The summed E-state index contributed by atoms with van der Waals surface area (Å²) in [4.78, 5) is 17.6. The maximum Gasteiger partial charge on any atom is 0.187 e. The molecule has 1 heterocycles. The number of hydrogen-bond donors (Lipinski definition) is 0. The Morgan fingerprint density at radius 2 is 2.35 bits per heavy atom. The Balaban J connectivity index is 2.90. The number of methoxy groups -OCH3 is 1. The van der Waals surface area contributed by atoms with Crippen LogP contribution in [0.5, 0.6) is 0 Å². The largest absolute Gasteiger partial charge is 0.383 e. The summed E-state index contributed by atoms with van der Waals surface area (Å²) in [6, 6.07) is 0.340. The first-order valence-corrected chi connectivity index (χ1v) is 6.70. The van der Waals surface area contributed by atoms with E-state index in [1.54, 1.807) is 7.11 Å². The van der Waals surface area contributed by atoms with E-state index in [0.29, 0.717) is 17.5 Å². The van der Waals surface area contributed by atoms with Crippen LogP contribution >= 0.6 is 22.9 Å². The zero-order valence-corrected chi connectivity index (χ0v) is 11.8. The van der Waals surface area contributed by atoms with Crippen LogP contribution in [0, 0.1) is 0 Å². The molecule has 0 spiro atoms. The number of hydrogen-bond acceptors (Lipinski definition) is 5. The first kappa shape index (κ1) is 14.4. The Morgan fingerprint density at radius 1 is 1.65 bits per heavy atom. The van der Waals surface area contributed by atoms with Crippen molar-refractivity contribution in [3.05, 3.63) is 10.0 Å². The third-order valence-corrected chi connectivity index (χ3v) is 4.03. The number of aromatic nitrogens is 1. The molecule has 0 saturated heterocycles. The molecule has 17 heavy (non-hydrogen) atoms. The molecule has 1 aromatic rings. The Kier molecular flexibility index (Phi) is 5.88. The van der Waals surface area contributed by atoms with E-state index >= 15 is 0 Å². The van der Waals surface area contributed by atoms with E-state index in [2.05, 4.69) is 23.7 Å². The first-order valence-electron chi connectivity index (χ1n) is 5.51. The van der Waals surface area contributed by atoms with Gasteiger partial charge in [0.1, 0.15) is 4.88 Å². The van der Waals surface area contributed by atoms with Crippen LogP contribution in [0.15, 0.2) is 0 Å². The molecular formula is C11H17ClN2O2S. The molecule has 1 rings (SSSR count). The predicted octanol–water partition coefficient (Wildman–Crippen LogP) is 2.86. The van der Waals surface area contributed by atoms with E-state index in [-0.39, 0.29) is 5.15 Å². The second-order valence-corrected chi connectivity index (χ2v) is 5.08. The third kappa shape index (κ3) is 3.66. The molecule has 0 bridgehead atoms. The van der Waals surface area contributed by atoms with Gasteiger partial charge in [0.05, 0.1) is 6.61 Å². The third-order valence-electron chi connectivity index (χ3n) is 2.61. The van der Waals surface area contributed by atoms with Crippen LogP contribution < -0.4 is 4.90 Å². The standard InChI is InChI=1S/C11H17ClN2O2S/c1-4-8(2)14(5-6-16-3)11-13-10(12)9(7-15)17-11/h7-8H,4-6H2,1-3H3. The van der Waals surface area contributed by atoms with Crippen LogP contribution in [0.4, 0.5) is 5.13 Å². The van der Waals surface area contributed by atoms with Gasteiger partial charge < -0.3 is 9.64 Å². The van der Waals surface area contributed by atoms with Gasteiger partial charge in [0.15, 0.2) is 16.6 Å². The molecule has 4 nitrogen and oxygen atoms in total. The number of ether oxygens (including phenoxy) is 1. The highest BCUT2D eigenvalue weighted by Gasteiger charge is 2.18. The van der Waals surface area contributed by atoms with E-state index in [1.807, 2.05) is 0 Å². The van der Waals surface area contributed by atoms with Gasteiger partial charge in [0, 0.05) is 19.7 Å². The molecule has 0 aliphatic rings. The van der Waals surface area contributed by atoms with Gasteiger partial charge >= 0.3 is 0 Å². The summed E-state index contributed by atoms with van der Waals surface area (Å²) in [5.74, 6) is 0. The van der Waals surface area contributed by atoms with E-state index in [1.165, 1.54) is 11.3 Å². The SMILES string of the molecule is CCC(C)N(CCOC)c1nc(Cl)c(C=O)s1. The van der Waals surface area contributed by atoms with Crippen LogP contribution in [0.25, 0.3) is 0 Å². The normalized spacial score (nSPS) is 12.5. The molecule has 1 atom stereocenters. The summed E-state index contributed by atoms with van der Waals surface area (Å²) in [5.41, 5.74) is 0. The Morgan fingerprint density at radius 3 is 2.82 bits per heavy atom.